The molecular formula is C12H19N3O2S. The second kappa shape index (κ2) is 5.75. The Morgan fingerprint density at radius 1 is 1.72 bits per heavy atom. The van der Waals surface area contributed by atoms with E-state index in [1.54, 1.807) is 16.4 Å². The van der Waals surface area contributed by atoms with E-state index in [0.29, 0.717) is 11.0 Å². The largest absolute Gasteiger partial charge is 0.377 e. The molecule has 0 spiro atoms. The molecule has 0 aromatic carbocycles. The number of amides is 1. The zero-order valence-electron chi connectivity index (χ0n) is 11.0. The van der Waals surface area contributed by atoms with Crippen molar-refractivity contribution in [3.8, 4) is 0 Å². The summed E-state index contributed by atoms with van der Waals surface area (Å²) in [4.78, 5) is 11.8. The van der Waals surface area contributed by atoms with Crippen LogP contribution in [0.3, 0.4) is 0 Å². The van der Waals surface area contributed by atoms with Gasteiger partial charge in [0.2, 0.25) is 5.91 Å². The van der Waals surface area contributed by atoms with Gasteiger partial charge in [-0.05, 0) is 20.3 Å². The summed E-state index contributed by atoms with van der Waals surface area (Å²) in [5, 5.41) is 7.49. The first kappa shape index (κ1) is 13.4. The third-order valence-electron chi connectivity index (χ3n) is 3.00. The van der Waals surface area contributed by atoms with Crippen LogP contribution in [0.5, 0.6) is 0 Å². The first-order valence-electron chi connectivity index (χ1n) is 6.10. The van der Waals surface area contributed by atoms with Crippen LogP contribution in [0, 0.1) is 6.92 Å². The average molecular weight is 269 g/mol. The van der Waals surface area contributed by atoms with E-state index in [1.165, 1.54) is 0 Å². The lowest BCUT2D eigenvalue weighted by Gasteiger charge is -2.13. The van der Waals surface area contributed by atoms with Crippen LogP contribution in [0.4, 0.5) is 5.82 Å². The minimum absolute atomic E-state index is 0.0158. The lowest BCUT2D eigenvalue weighted by molar-refractivity contribution is -0.113. The van der Waals surface area contributed by atoms with Crippen molar-refractivity contribution in [2.24, 2.45) is 7.05 Å². The van der Waals surface area contributed by atoms with Crippen LogP contribution in [-0.4, -0.2) is 39.4 Å². The number of aromatic nitrogens is 2. The average Bonchev–Trinajstić information content (AvgIpc) is 2.83. The van der Waals surface area contributed by atoms with Gasteiger partial charge in [0.25, 0.3) is 0 Å². The third kappa shape index (κ3) is 3.26. The first-order valence-corrected chi connectivity index (χ1v) is 7.15. The van der Waals surface area contributed by atoms with Crippen molar-refractivity contribution in [3.63, 3.8) is 0 Å². The smallest absolute Gasteiger partial charge is 0.235 e. The predicted molar refractivity (Wildman–Crippen MR) is 72.9 cm³/mol. The molecule has 0 saturated carbocycles. The van der Waals surface area contributed by atoms with Gasteiger partial charge in [0, 0.05) is 25.0 Å². The second-order valence-electron chi connectivity index (χ2n) is 4.56. The number of carbonyl (C=O) groups excluding carboxylic acids is 1. The number of hydrogen-bond acceptors (Lipinski definition) is 4. The van der Waals surface area contributed by atoms with Crippen molar-refractivity contribution < 1.29 is 9.53 Å². The lowest BCUT2D eigenvalue weighted by Crippen LogP contribution is -2.20. The van der Waals surface area contributed by atoms with Crippen LogP contribution in [0.2, 0.25) is 0 Å². The topological polar surface area (TPSA) is 56.1 Å². The number of carbonyl (C=O) groups is 1. The maximum atomic E-state index is 11.8. The van der Waals surface area contributed by atoms with Crippen molar-refractivity contribution in [2.75, 3.05) is 17.7 Å². The minimum Gasteiger partial charge on any atom is -0.377 e. The summed E-state index contributed by atoms with van der Waals surface area (Å²) >= 11 is 1.67. The SMILES string of the molecule is Cc1cc(NC(=O)CSC2CCOC2C)n(C)n1. The molecule has 100 valence electrons. The van der Waals surface area contributed by atoms with E-state index >= 15 is 0 Å². The van der Waals surface area contributed by atoms with Gasteiger partial charge >= 0.3 is 0 Å². The minimum atomic E-state index is 0.0158. The molecule has 1 fully saturated rings. The van der Waals surface area contributed by atoms with Gasteiger partial charge in [-0.15, -0.1) is 11.8 Å². The van der Waals surface area contributed by atoms with Gasteiger partial charge in [0.05, 0.1) is 17.6 Å². The van der Waals surface area contributed by atoms with Crippen molar-refractivity contribution in [2.45, 2.75) is 31.6 Å². The van der Waals surface area contributed by atoms with Crippen molar-refractivity contribution in [1.29, 1.82) is 0 Å². The van der Waals surface area contributed by atoms with Crippen LogP contribution < -0.4 is 5.32 Å². The monoisotopic (exact) mass is 269 g/mol. The fraction of sp³-hybridized carbons (Fsp3) is 0.667. The molecule has 2 heterocycles. The highest BCUT2D eigenvalue weighted by molar-refractivity contribution is 8.00. The molecule has 1 amide bonds. The first-order chi connectivity index (χ1) is 8.56. The Balaban J connectivity index is 1.80. The van der Waals surface area contributed by atoms with E-state index in [1.807, 2.05) is 20.0 Å². The number of nitrogens with zero attached hydrogens (tertiary/aromatic N) is 2. The zero-order chi connectivity index (χ0) is 13.1. The molecule has 6 heteroatoms. The summed E-state index contributed by atoms with van der Waals surface area (Å²) in [6.45, 7) is 4.77. The number of ether oxygens (including phenoxy) is 1. The third-order valence-corrected chi connectivity index (χ3v) is 4.48. The van der Waals surface area contributed by atoms with Gasteiger partial charge in [-0.3, -0.25) is 9.48 Å². The molecule has 1 N–H and O–H groups in total. The molecule has 2 unspecified atom stereocenters. The summed E-state index contributed by atoms with van der Waals surface area (Å²) in [6.07, 6.45) is 1.28. The molecule has 0 radical (unpaired) electrons. The van der Waals surface area contributed by atoms with Crippen LogP contribution >= 0.6 is 11.8 Å². The van der Waals surface area contributed by atoms with Gasteiger partial charge in [-0.25, -0.2) is 0 Å². The Labute approximate surface area is 111 Å². The molecule has 1 aliphatic heterocycles. The van der Waals surface area contributed by atoms with Gasteiger partial charge in [-0.2, -0.15) is 5.10 Å². The van der Waals surface area contributed by atoms with Crippen molar-refractivity contribution >= 4 is 23.5 Å². The summed E-state index contributed by atoms with van der Waals surface area (Å²) in [5.41, 5.74) is 0.901. The Bertz CT molecular complexity index is 433. The molecule has 5 nitrogen and oxygen atoms in total. The van der Waals surface area contributed by atoms with E-state index in [-0.39, 0.29) is 12.0 Å². The van der Waals surface area contributed by atoms with Crippen molar-refractivity contribution in [1.82, 2.24) is 9.78 Å². The predicted octanol–water partition coefficient (Wildman–Crippen LogP) is 1.58. The molecule has 0 bridgehead atoms. The van der Waals surface area contributed by atoms with E-state index in [9.17, 15) is 4.79 Å². The van der Waals surface area contributed by atoms with Crippen LogP contribution in [-0.2, 0) is 16.6 Å². The summed E-state index contributed by atoms with van der Waals surface area (Å²) in [7, 11) is 1.82. The number of thioether (sulfide) groups is 1. The summed E-state index contributed by atoms with van der Waals surface area (Å²) < 4.78 is 7.15. The van der Waals surface area contributed by atoms with Gasteiger partial charge in [0.1, 0.15) is 5.82 Å². The van der Waals surface area contributed by atoms with E-state index in [0.717, 1.165) is 24.5 Å². The molecule has 2 atom stereocenters. The Kier molecular flexibility index (Phi) is 4.29. The molecule has 1 aromatic heterocycles. The quantitative estimate of drug-likeness (QED) is 0.901. The molecule has 18 heavy (non-hydrogen) atoms. The normalized spacial score (nSPS) is 23.3. The van der Waals surface area contributed by atoms with Crippen LogP contribution in [0.15, 0.2) is 6.07 Å². The molecule has 1 aromatic rings. The fourth-order valence-electron chi connectivity index (χ4n) is 2.02. The van der Waals surface area contributed by atoms with E-state index < -0.39 is 0 Å². The van der Waals surface area contributed by atoms with Gasteiger partial charge < -0.3 is 10.1 Å². The second-order valence-corrected chi connectivity index (χ2v) is 5.78. The Morgan fingerprint density at radius 2 is 2.50 bits per heavy atom. The summed E-state index contributed by atoms with van der Waals surface area (Å²) in [5.74, 6) is 1.22. The highest BCUT2D eigenvalue weighted by Crippen LogP contribution is 2.26. The van der Waals surface area contributed by atoms with Crippen molar-refractivity contribution in [3.05, 3.63) is 11.8 Å². The highest BCUT2D eigenvalue weighted by Gasteiger charge is 2.25. The standard InChI is InChI=1S/C12H19N3O2S/c1-8-6-11(15(3)14-8)13-12(16)7-18-10-4-5-17-9(10)2/h6,9-10H,4-5,7H2,1-3H3,(H,13,16). The maximum absolute atomic E-state index is 11.8. The summed E-state index contributed by atoms with van der Waals surface area (Å²) in [6, 6.07) is 1.86. The van der Waals surface area contributed by atoms with Crippen LogP contribution in [0.1, 0.15) is 19.0 Å². The molecule has 1 aliphatic rings. The highest BCUT2D eigenvalue weighted by atomic mass is 32.2. The van der Waals surface area contributed by atoms with Gasteiger partial charge in [0.15, 0.2) is 0 Å². The Morgan fingerprint density at radius 3 is 3.06 bits per heavy atom. The fourth-order valence-corrected chi connectivity index (χ4v) is 3.07. The number of nitrogens with one attached hydrogen (secondary N) is 1. The number of aryl methyl sites for hydroxylation is 2. The molecule has 2 rings (SSSR count). The number of rotatable bonds is 4. The lowest BCUT2D eigenvalue weighted by atomic mass is 10.3. The number of hydrogen-bond donors (Lipinski definition) is 1. The zero-order valence-corrected chi connectivity index (χ0v) is 11.8. The van der Waals surface area contributed by atoms with Crippen LogP contribution in [0.25, 0.3) is 0 Å². The molecule has 0 aliphatic carbocycles. The molecular weight excluding hydrogens is 250 g/mol. The van der Waals surface area contributed by atoms with Gasteiger partial charge in [-0.1, -0.05) is 0 Å². The van der Waals surface area contributed by atoms with E-state index in [4.69, 9.17) is 4.74 Å². The molecule has 1 saturated heterocycles. The number of anilines is 1. The van der Waals surface area contributed by atoms with E-state index in [2.05, 4.69) is 17.3 Å². The maximum Gasteiger partial charge on any atom is 0.235 e. The Hall–Kier alpha value is -1.01.